The van der Waals surface area contributed by atoms with Crippen LogP contribution in [0.25, 0.3) is 0 Å². The van der Waals surface area contributed by atoms with Gasteiger partial charge in [-0.25, -0.2) is 0 Å². The van der Waals surface area contributed by atoms with E-state index in [4.69, 9.17) is 10.5 Å². The summed E-state index contributed by atoms with van der Waals surface area (Å²) in [6, 6.07) is -0.427. The van der Waals surface area contributed by atoms with E-state index in [1.54, 1.807) is 0 Å². The zero-order valence-electron chi connectivity index (χ0n) is 9.87. The van der Waals surface area contributed by atoms with Gasteiger partial charge in [0.15, 0.2) is 0 Å². The smallest absolute Gasteiger partial charge is 0.323 e. The number of carbonyl (C=O) groups is 1. The van der Waals surface area contributed by atoms with Gasteiger partial charge in [-0.05, 0) is 31.6 Å². The Kier molecular flexibility index (Phi) is 5.09. The van der Waals surface area contributed by atoms with Crippen molar-refractivity contribution in [3.8, 4) is 0 Å². The minimum atomic E-state index is -0.427. The lowest BCUT2D eigenvalue weighted by molar-refractivity contribution is -0.155. The molecule has 0 aliphatic heterocycles. The highest BCUT2D eigenvalue weighted by molar-refractivity contribution is 5.75. The lowest BCUT2D eigenvalue weighted by Crippen LogP contribution is -2.37. The summed E-state index contributed by atoms with van der Waals surface area (Å²) in [6.45, 7) is 4.18. The molecule has 0 bridgehead atoms. The molecule has 0 heterocycles. The van der Waals surface area contributed by atoms with Crippen molar-refractivity contribution in [1.29, 1.82) is 0 Å². The molecule has 0 aromatic heterocycles. The summed E-state index contributed by atoms with van der Waals surface area (Å²) in [4.78, 5) is 11.6. The Morgan fingerprint density at radius 3 is 2.73 bits per heavy atom. The van der Waals surface area contributed by atoms with E-state index in [-0.39, 0.29) is 12.1 Å². The van der Waals surface area contributed by atoms with Gasteiger partial charge in [0.2, 0.25) is 0 Å². The second kappa shape index (κ2) is 6.11. The first-order valence-electron chi connectivity index (χ1n) is 6.11. The molecule has 3 atom stereocenters. The van der Waals surface area contributed by atoms with E-state index in [2.05, 4.69) is 6.92 Å². The highest BCUT2D eigenvalue weighted by Gasteiger charge is 2.26. The van der Waals surface area contributed by atoms with Crippen molar-refractivity contribution < 1.29 is 9.53 Å². The lowest BCUT2D eigenvalue weighted by atomic mass is 9.88. The number of rotatable bonds is 4. The lowest BCUT2D eigenvalue weighted by Gasteiger charge is -2.29. The van der Waals surface area contributed by atoms with Crippen LogP contribution in [0.15, 0.2) is 0 Å². The molecule has 2 N–H and O–H groups in total. The summed E-state index contributed by atoms with van der Waals surface area (Å²) in [5.41, 5.74) is 5.72. The van der Waals surface area contributed by atoms with Crippen molar-refractivity contribution in [2.24, 2.45) is 11.7 Å². The van der Waals surface area contributed by atoms with Crippen LogP contribution in [0.2, 0.25) is 0 Å². The van der Waals surface area contributed by atoms with E-state index in [0.717, 1.165) is 19.3 Å². The fourth-order valence-electron chi connectivity index (χ4n) is 2.12. The molecule has 88 valence electrons. The van der Waals surface area contributed by atoms with E-state index in [0.29, 0.717) is 5.92 Å². The Hall–Kier alpha value is -0.570. The third-order valence-electron chi connectivity index (χ3n) is 3.20. The van der Waals surface area contributed by atoms with Crippen molar-refractivity contribution in [2.75, 3.05) is 0 Å². The minimum absolute atomic E-state index is 0.106. The molecule has 1 aliphatic carbocycles. The summed E-state index contributed by atoms with van der Waals surface area (Å²) < 4.78 is 5.45. The first kappa shape index (κ1) is 12.5. The van der Waals surface area contributed by atoms with Gasteiger partial charge in [0.05, 0.1) is 0 Å². The predicted molar refractivity (Wildman–Crippen MR) is 60.4 cm³/mol. The van der Waals surface area contributed by atoms with Gasteiger partial charge in [-0.2, -0.15) is 0 Å². The van der Waals surface area contributed by atoms with Crippen molar-refractivity contribution in [2.45, 2.75) is 64.5 Å². The molecule has 1 saturated carbocycles. The number of carbonyl (C=O) groups excluding carboxylic acids is 1. The molecule has 0 radical (unpaired) electrons. The van der Waals surface area contributed by atoms with Gasteiger partial charge in [-0.15, -0.1) is 0 Å². The quantitative estimate of drug-likeness (QED) is 0.729. The maximum atomic E-state index is 11.6. The number of ether oxygens (including phenoxy) is 1. The zero-order chi connectivity index (χ0) is 11.3. The molecule has 3 nitrogen and oxygen atoms in total. The first-order chi connectivity index (χ1) is 7.15. The Balaban J connectivity index is 2.35. The van der Waals surface area contributed by atoms with Gasteiger partial charge >= 0.3 is 5.97 Å². The highest BCUT2D eigenvalue weighted by atomic mass is 16.5. The molecule has 0 spiro atoms. The number of esters is 1. The second-order valence-electron chi connectivity index (χ2n) is 4.63. The normalized spacial score (nSPS) is 28.5. The summed E-state index contributed by atoms with van der Waals surface area (Å²) in [5.74, 6) is 0.284. The van der Waals surface area contributed by atoms with Crippen LogP contribution >= 0.6 is 0 Å². The number of nitrogens with two attached hydrogens (primary N) is 1. The van der Waals surface area contributed by atoms with E-state index >= 15 is 0 Å². The maximum Gasteiger partial charge on any atom is 0.323 e. The third kappa shape index (κ3) is 3.82. The summed E-state index contributed by atoms with van der Waals surface area (Å²) in [7, 11) is 0. The van der Waals surface area contributed by atoms with Gasteiger partial charge in [-0.1, -0.05) is 26.7 Å². The topological polar surface area (TPSA) is 52.3 Å². The Bertz CT molecular complexity index is 206. The number of hydrogen-bond donors (Lipinski definition) is 1. The van der Waals surface area contributed by atoms with Gasteiger partial charge < -0.3 is 10.5 Å². The van der Waals surface area contributed by atoms with Crippen LogP contribution in [0.1, 0.15) is 52.4 Å². The molecule has 3 heteroatoms. The summed E-state index contributed by atoms with van der Waals surface area (Å²) in [5, 5.41) is 0. The van der Waals surface area contributed by atoms with Gasteiger partial charge in [-0.3, -0.25) is 4.79 Å². The van der Waals surface area contributed by atoms with Crippen LogP contribution in [0.4, 0.5) is 0 Å². The van der Waals surface area contributed by atoms with Crippen LogP contribution in [0.5, 0.6) is 0 Å². The SMILES string of the molecule is CCC[C@@H](N)C(=O)OC1CCCCC1C. The van der Waals surface area contributed by atoms with Crippen molar-refractivity contribution >= 4 is 5.97 Å². The van der Waals surface area contributed by atoms with E-state index in [9.17, 15) is 4.79 Å². The van der Waals surface area contributed by atoms with Crippen LogP contribution in [-0.2, 0) is 9.53 Å². The fourth-order valence-corrected chi connectivity index (χ4v) is 2.12. The Morgan fingerprint density at radius 2 is 2.13 bits per heavy atom. The highest BCUT2D eigenvalue weighted by Crippen LogP contribution is 2.26. The molecule has 2 unspecified atom stereocenters. The molecule has 0 aromatic carbocycles. The fraction of sp³-hybridized carbons (Fsp3) is 0.917. The first-order valence-corrected chi connectivity index (χ1v) is 6.11. The van der Waals surface area contributed by atoms with E-state index in [1.165, 1.54) is 19.3 Å². The van der Waals surface area contributed by atoms with Crippen LogP contribution < -0.4 is 5.73 Å². The van der Waals surface area contributed by atoms with Crippen molar-refractivity contribution in [3.63, 3.8) is 0 Å². The standard InChI is InChI=1S/C12H23NO2/c1-3-6-10(13)12(14)15-11-8-5-4-7-9(11)2/h9-11H,3-8,13H2,1-2H3/t9?,10-,11?/m1/s1. The van der Waals surface area contributed by atoms with Gasteiger partial charge in [0.25, 0.3) is 0 Å². The monoisotopic (exact) mass is 213 g/mol. The van der Waals surface area contributed by atoms with Crippen molar-refractivity contribution in [1.82, 2.24) is 0 Å². The average Bonchev–Trinajstić information content (AvgIpc) is 2.21. The molecule has 1 aliphatic rings. The largest absolute Gasteiger partial charge is 0.461 e. The predicted octanol–water partition coefficient (Wildman–Crippen LogP) is 2.24. The van der Waals surface area contributed by atoms with E-state index < -0.39 is 6.04 Å². The summed E-state index contributed by atoms with van der Waals surface area (Å²) in [6.07, 6.45) is 6.36. The molecule has 0 amide bonds. The molecule has 1 rings (SSSR count). The maximum absolute atomic E-state index is 11.6. The van der Waals surface area contributed by atoms with Gasteiger partial charge in [0, 0.05) is 0 Å². The van der Waals surface area contributed by atoms with Crippen LogP contribution in [0, 0.1) is 5.92 Å². The molecular weight excluding hydrogens is 190 g/mol. The third-order valence-corrected chi connectivity index (χ3v) is 3.20. The molecule has 0 saturated heterocycles. The summed E-state index contributed by atoms with van der Waals surface area (Å²) >= 11 is 0. The zero-order valence-corrected chi connectivity index (χ0v) is 9.87. The minimum Gasteiger partial charge on any atom is -0.461 e. The molecule has 1 fully saturated rings. The Morgan fingerprint density at radius 1 is 1.47 bits per heavy atom. The number of hydrogen-bond acceptors (Lipinski definition) is 3. The second-order valence-corrected chi connectivity index (χ2v) is 4.63. The average molecular weight is 213 g/mol. The van der Waals surface area contributed by atoms with Crippen molar-refractivity contribution in [3.05, 3.63) is 0 Å². The van der Waals surface area contributed by atoms with E-state index in [1.807, 2.05) is 6.92 Å². The van der Waals surface area contributed by atoms with Gasteiger partial charge in [0.1, 0.15) is 12.1 Å². The molecule has 15 heavy (non-hydrogen) atoms. The van der Waals surface area contributed by atoms with Crippen LogP contribution in [0.3, 0.4) is 0 Å². The molecule has 0 aromatic rings. The Labute approximate surface area is 92.4 Å². The molecular formula is C12H23NO2. The van der Waals surface area contributed by atoms with Crippen LogP contribution in [-0.4, -0.2) is 18.1 Å².